The molecule has 1 aliphatic heterocycles. The van der Waals surface area contributed by atoms with Gasteiger partial charge in [0.15, 0.2) is 0 Å². The lowest BCUT2D eigenvalue weighted by atomic mass is 10.1. The number of carbonyl (C=O) groups excluding carboxylic acids is 2. The predicted molar refractivity (Wildman–Crippen MR) is 92.0 cm³/mol. The van der Waals surface area contributed by atoms with Crippen LogP contribution in [0, 0.1) is 13.8 Å². The monoisotopic (exact) mass is 341 g/mol. The molecule has 23 heavy (non-hydrogen) atoms. The molecule has 2 rings (SSSR count). The second-order valence-electron chi connectivity index (χ2n) is 5.54. The smallest absolute Gasteiger partial charge is 0.243 e. The Labute approximate surface area is 142 Å². The molecule has 0 radical (unpaired) electrons. The van der Waals surface area contributed by atoms with Crippen molar-refractivity contribution >= 4 is 29.9 Å². The Hall–Kier alpha value is -1.63. The van der Waals surface area contributed by atoms with Gasteiger partial charge in [-0.15, -0.1) is 12.4 Å². The van der Waals surface area contributed by atoms with Gasteiger partial charge in [0, 0.05) is 12.2 Å². The van der Waals surface area contributed by atoms with Crippen molar-refractivity contribution in [2.45, 2.75) is 32.9 Å². The van der Waals surface area contributed by atoms with Crippen molar-refractivity contribution in [3.63, 3.8) is 0 Å². The molecule has 0 unspecified atom stereocenters. The molecular weight excluding hydrogens is 318 g/mol. The van der Waals surface area contributed by atoms with E-state index in [4.69, 9.17) is 4.74 Å². The quantitative estimate of drug-likeness (QED) is 0.767. The number of benzene rings is 1. The maximum Gasteiger partial charge on any atom is 0.243 e. The maximum absolute atomic E-state index is 12.1. The van der Waals surface area contributed by atoms with Gasteiger partial charge in [0.2, 0.25) is 11.8 Å². The number of ether oxygens (including phenoxy) is 1. The van der Waals surface area contributed by atoms with E-state index in [1.54, 1.807) is 0 Å². The maximum atomic E-state index is 12.1. The standard InChI is InChI=1S/C16H23N3O3.ClH/c1-10-5-4-6-11(2)14(10)19-13(20)9-18-16(21)15-12(3)22-8-7-17-15;/h4-6,12,15,17H,7-9H2,1-3H3,(H,18,21)(H,19,20);1H/t12-,15+;/m1./s1. The van der Waals surface area contributed by atoms with Crippen molar-refractivity contribution in [1.29, 1.82) is 0 Å². The number of rotatable bonds is 4. The summed E-state index contributed by atoms with van der Waals surface area (Å²) >= 11 is 0. The van der Waals surface area contributed by atoms with Crippen LogP contribution >= 0.6 is 12.4 Å². The average molecular weight is 342 g/mol. The van der Waals surface area contributed by atoms with E-state index in [-0.39, 0.29) is 36.9 Å². The number of carbonyl (C=O) groups is 2. The number of halogens is 1. The molecule has 1 aromatic rings. The Morgan fingerprint density at radius 1 is 1.30 bits per heavy atom. The van der Waals surface area contributed by atoms with Crippen LogP contribution in [0.2, 0.25) is 0 Å². The van der Waals surface area contributed by atoms with E-state index in [1.165, 1.54) is 0 Å². The zero-order valence-corrected chi connectivity index (χ0v) is 14.5. The molecule has 0 aliphatic carbocycles. The van der Waals surface area contributed by atoms with Gasteiger partial charge in [0.1, 0.15) is 6.04 Å². The van der Waals surface area contributed by atoms with Gasteiger partial charge in [0.05, 0.1) is 19.3 Å². The van der Waals surface area contributed by atoms with Gasteiger partial charge in [-0.2, -0.15) is 0 Å². The Morgan fingerprint density at radius 2 is 1.96 bits per heavy atom. The van der Waals surface area contributed by atoms with Gasteiger partial charge < -0.3 is 20.7 Å². The minimum absolute atomic E-state index is 0. The fourth-order valence-electron chi connectivity index (χ4n) is 2.50. The molecule has 2 amide bonds. The topological polar surface area (TPSA) is 79.5 Å². The Kier molecular flexibility index (Phi) is 7.48. The number of para-hydroxylation sites is 1. The molecule has 3 N–H and O–H groups in total. The number of anilines is 1. The highest BCUT2D eigenvalue weighted by molar-refractivity contribution is 5.96. The van der Waals surface area contributed by atoms with Crippen LogP contribution in [0.1, 0.15) is 18.1 Å². The summed E-state index contributed by atoms with van der Waals surface area (Å²) in [4.78, 5) is 24.1. The number of hydrogen-bond acceptors (Lipinski definition) is 4. The number of nitrogens with one attached hydrogen (secondary N) is 3. The molecule has 1 aromatic carbocycles. The van der Waals surface area contributed by atoms with Crippen molar-refractivity contribution in [2.75, 3.05) is 25.0 Å². The van der Waals surface area contributed by atoms with E-state index in [9.17, 15) is 9.59 Å². The first-order chi connectivity index (χ1) is 10.5. The minimum Gasteiger partial charge on any atom is -0.375 e. The third-order valence-electron chi connectivity index (χ3n) is 3.77. The van der Waals surface area contributed by atoms with Crippen molar-refractivity contribution in [1.82, 2.24) is 10.6 Å². The highest BCUT2D eigenvalue weighted by Gasteiger charge is 2.28. The summed E-state index contributed by atoms with van der Waals surface area (Å²) in [5, 5.41) is 8.58. The van der Waals surface area contributed by atoms with Gasteiger partial charge in [-0.1, -0.05) is 18.2 Å². The summed E-state index contributed by atoms with van der Waals surface area (Å²) in [6.45, 7) is 6.89. The predicted octanol–water partition coefficient (Wildman–Crippen LogP) is 1.16. The molecule has 1 aliphatic rings. The molecule has 2 atom stereocenters. The van der Waals surface area contributed by atoms with Gasteiger partial charge >= 0.3 is 0 Å². The lowest BCUT2D eigenvalue weighted by molar-refractivity contribution is -0.130. The van der Waals surface area contributed by atoms with Gasteiger partial charge in [0.25, 0.3) is 0 Å². The molecule has 6 nitrogen and oxygen atoms in total. The Morgan fingerprint density at radius 3 is 2.57 bits per heavy atom. The van der Waals surface area contributed by atoms with Crippen molar-refractivity contribution < 1.29 is 14.3 Å². The summed E-state index contributed by atoms with van der Waals surface area (Å²) in [7, 11) is 0. The summed E-state index contributed by atoms with van der Waals surface area (Å²) < 4.78 is 5.42. The highest BCUT2D eigenvalue weighted by atomic mass is 35.5. The Balaban J connectivity index is 0.00000264. The van der Waals surface area contributed by atoms with Gasteiger partial charge in [-0.05, 0) is 31.9 Å². The first kappa shape index (κ1) is 19.4. The largest absolute Gasteiger partial charge is 0.375 e. The van der Waals surface area contributed by atoms with Crippen LogP contribution in [0.15, 0.2) is 18.2 Å². The molecular formula is C16H24ClN3O3. The molecule has 1 fully saturated rings. The number of morpholine rings is 1. The van der Waals surface area contributed by atoms with Crippen molar-refractivity contribution in [3.05, 3.63) is 29.3 Å². The van der Waals surface area contributed by atoms with Crippen LogP contribution in [0.4, 0.5) is 5.69 Å². The molecule has 0 saturated carbocycles. The summed E-state index contributed by atoms with van der Waals surface area (Å²) in [6, 6.07) is 5.40. The SMILES string of the molecule is Cc1cccc(C)c1NC(=O)CNC(=O)[C@H]1NCCO[C@@H]1C.Cl. The third-order valence-corrected chi connectivity index (χ3v) is 3.77. The van der Waals surface area contributed by atoms with Crippen LogP contribution in [-0.4, -0.2) is 43.7 Å². The number of amides is 2. The number of hydrogen-bond donors (Lipinski definition) is 3. The van der Waals surface area contributed by atoms with Gasteiger partial charge in [-0.3, -0.25) is 9.59 Å². The van der Waals surface area contributed by atoms with Crippen molar-refractivity contribution in [2.24, 2.45) is 0 Å². The van der Waals surface area contributed by atoms with E-state index >= 15 is 0 Å². The van der Waals surface area contributed by atoms with Crippen LogP contribution in [0.25, 0.3) is 0 Å². The van der Waals surface area contributed by atoms with Crippen LogP contribution in [0.5, 0.6) is 0 Å². The van der Waals surface area contributed by atoms with E-state index < -0.39 is 6.04 Å². The van der Waals surface area contributed by atoms with E-state index in [0.717, 1.165) is 16.8 Å². The second kappa shape index (κ2) is 8.86. The van der Waals surface area contributed by atoms with Gasteiger partial charge in [-0.25, -0.2) is 0 Å². The first-order valence-electron chi connectivity index (χ1n) is 7.48. The molecule has 1 saturated heterocycles. The summed E-state index contributed by atoms with van der Waals surface area (Å²) in [5.74, 6) is -0.459. The average Bonchev–Trinajstić information content (AvgIpc) is 2.49. The first-order valence-corrected chi connectivity index (χ1v) is 7.48. The normalized spacial score (nSPS) is 20.3. The molecule has 7 heteroatoms. The zero-order chi connectivity index (χ0) is 16.1. The summed E-state index contributed by atoms with van der Waals surface area (Å²) in [5.41, 5.74) is 2.79. The molecule has 0 aromatic heterocycles. The lowest BCUT2D eigenvalue weighted by Gasteiger charge is -2.29. The number of aryl methyl sites for hydroxylation is 2. The molecule has 0 spiro atoms. The van der Waals surface area contributed by atoms with Crippen LogP contribution in [0.3, 0.4) is 0 Å². The molecule has 1 heterocycles. The van der Waals surface area contributed by atoms with Crippen LogP contribution in [-0.2, 0) is 14.3 Å². The Bertz CT molecular complexity index is 545. The lowest BCUT2D eigenvalue weighted by Crippen LogP contribution is -2.56. The fourth-order valence-corrected chi connectivity index (χ4v) is 2.50. The second-order valence-corrected chi connectivity index (χ2v) is 5.54. The van der Waals surface area contributed by atoms with Crippen molar-refractivity contribution in [3.8, 4) is 0 Å². The highest BCUT2D eigenvalue weighted by Crippen LogP contribution is 2.18. The molecule has 128 valence electrons. The molecule has 0 bridgehead atoms. The third kappa shape index (κ3) is 5.20. The van der Waals surface area contributed by atoms with E-state index in [2.05, 4.69) is 16.0 Å². The van der Waals surface area contributed by atoms with Crippen LogP contribution < -0.4 is 16.0 Å². The zero-order valence-electron chi connectivity index (χ0n) is 13.6. The van der Waals surface area contributed by atoms with E-state index in [1.807, 2.05) is 39.0 Å². The minimum atomic E-state index is -0.415. The van der Waals surface area contributed by atoms with E-state index in [0.29, 0.717) is 13.2 Å². The summed E-state index contributed by atoms with van der Waals surface area (Å²) in [6.07, 6.45) is -0.199. The fraction of sp³-hybridized carbons (Fsp3) is 0.500.